The summed E-state index contributed by atoms with van der Waals surface area (Å²) >= 11 is 0. The maximum Gasteiger partial charge on any atom is 0.486 e. The van der Waals surface area contributed by atoms with Gasteiger partial charge < -0.3 is 19.4 Å². The smallest absolute Gasteiger partial charge is 0.453 e. The molecule has 0 aromatic rings. The molecule has 6 heteroatoms. The van der Waals surface area contributed by atoms with Gasteiger partial charge in [0.25, 0.3) is 0 Å². The number of carbonyl (C=O) groups is 1. The fourth-order valence-corrected chi connectivity index (χ4v) is 2.35. The third kappa shape index (κ3) is 6.96. The number of allylic oxidation sites excluding steroid dienone is 1. The molecule has 23 heavy (non-hydrogen) atoms. The van der Waals surface area contributed by atoms with Crippen molar-refractivity contribution in [3.63, 3.8) is 0 Å². The molecule has 0 bridgehead atoms. The summed E-state index contributed by atoms with van der Waals surface area (Å²) in [6.07, 6.45) is 8.53. The van der Waals surface area contributed by atoms with Crippen LogP contribution < -0.4 is 5.32 Å². The molecular weight excluding hydrogens is 293 g/mol. The third-order valence-electron chi connectivity index (χ3n) is 4.57. The number of methoxy groups -OCH3 is 1. The van der Waals surface area contributed by atoms with E-state index >= 15 is 0 Å². The number of rotatable bonds is 9. The monoisotopic (exact) mass is 325 g/mol. The van der Waals surface area contributed by atoms with E-state index < -0.39 is 0 Å². The van der Waals surface area contributed by atoms with Crippen LogP contribution in [0.1, 0.15) is 66.2 Å². The van der Waals surface area contributed by atoms with Crippen molar-refractivity contribution in [2.45, 2.75) is 77.4 Å². The molecule has 5 nitrogen and oxygen atoms in total. The van der Waals surface area contributed by atoms with Gasteiger partial charge in [-0.15, -0.1) is 0 Å². The van der Waals surface area contributed by atoms with Crippen LogP contribution in [0.2, 0.25) is 0 Å². The second kappa shape index (κ2) is 9.33. The highest BCUT2D eigenvalue weighted by molar-refractivity contribution is 6.51. The van der Waals surface area contributed by atoms with Crippen LogP contribution in [-0.2, 0) is 14.0 Å². The lowest BCUT2D eigenvalue weighted by atomic mass is 9.89. The lowest BCUT2D eigenvalue weighted by molar-refractivity contribution is 0.00578. The highest BCUT2D eigenvalue weighted by Gasteiger charge is 2.49. The molecule has 0 atom stereocenters. The van der Waals surface area contributed by atoms with Gasteiger partial charge in [0, 0.05) is 6.54 Å². The van der Waals surface area contributed by atoms with Crippen molar-refractivity contribution in [2.24, 2.45) is 0 Å². The van der Waals surface area contributed by atoms with Crippen LogP contribution in [-0.4, -0.2) is 38.1 Å². The molecule has 1 saturated heterocycles. The molecule has 132 valence electrons. The number of alkyl carbamates (subject to hydrolysis) is 1. The molecular formula is C17H32BNO4. The summed E-state index contributed by atoms with van der Waals surface area (Å²) in [5.74, 6) is 2.02. The van der Waals surface area contributed by atoms with Crippen LogP contribution in [0.25, 0.3) is 0 Å². The predicted octanol–water partition coefficient (Wildman–Crippen LogP) is 3.87. The van der Waals surface area contributed by atoms with E-state index in [9.17, 15) is 4.79 Å². The molecule has 0 spiro atoms. The molecule has 0 aliphatic carbocycles. The fraction of sp³-hybridized carbons (Fsp3) is 0.824. The van der Waals surface area contributed by atoms with E-state index in [1.165, 1.54) is 26.4 Å². The molecule has 1 amide bonds. The first kappa shape index (κ1) is 20.0. The molecule has 1 aliphatic rings. The van der Waals surface area contributed by atoms with Crippen molar-refractivity contribution in [3.05, 3.63) is 12.1 Å². The average molecular weight is 325 g/mol. The summed E-state index contributed by atoms with van der Waals surface area (Å²) in [7, 11) is 1.15. The van der Waals surface area contributed by atoms with Gasteiger partial charge >= 0.3 is 13.2 Å². The minimum absolute atomic E-state index is 0.232. The Bertz CT molecular complexity index is 380. The molecule has 1 heterocycles. The minimum atomic E-state index is -0.349. The zero-order chi connectivity index (χ0) is 17.3. The largest absolute Gasteiger partial charge is 0.486 e. The summed E-state index contributed by atoms with van der Waals surface area (Å²) in [6.45, 7) is 8.95. The molecule has 0 unspecified atom stereocenters. The van der Waals surface area contributed by atoms with Gasteiger partial charge in [0.15, 0.2) is 0 Å². The van der Waals surface area contributed by atoms with Crippen molar-refractivity contribution in [2.75, 3.05) is 13.7 Å². The topological polar surface area (TPSA) is 56.8 Å². The second-order valence-corrected chi connectivity index (χ2v) is 7.03. The molecule has 1 fully saturated rings. The van der Waals surface area contributed by atoms with E-state index in [1.807, 2.05) is 5.98 Å². The summed E-state index contributed by atoms with van der Waals surface area (Å²) < 4.78 is 16.3. The van der Waals surface area contributed by atoms with Gasteiger partial charge in [0.1, 0.15) is 0 Å². The minimum Gasteiger partial charge on any atom is -0.453 e. The van der Waals surface area contributed by atoms with Crippen LogP contribution in [0.3, 0.4) is 0 Å². The maximum atomic E-state index is 10.8. The Balaban J connectivity index is 2.00. The van der Waals surface area contributed by atoms with Gasteiger partial charge in [-0.3, -0.25) is 0 Å². The van der Waals surface area contributed by atoms with Gasteiger partial charge in [0.2, 0.25) is 0 Å². The Morgan fingerprint density at radius 3 is 2.22 bits per heavy atom. The van der Waals surface area contributed by atoms with Crippen molar-refractivity contribution in [1.29, 1.82) is 0 Å². The number of amides is 1. The van der Waals surface area contributed by atoms with Gasteiger partial charge in [-0.2, -0.15) is 0 Å². The van der Waals surface area contributed by atoms with Crippen LogP contribution in [0, 0.1) is 0 Å². The first-order valence-corrected chi connectivity index (χ1v) is 8.62. The van der Waals surface area contributed by atoms with Crippen molar-refractivity contribution >= 4 is 13.2 Å². The van der Waals surface area contributed by atoms with Crippen molar-refractivity contribution in [3.8, 4) is 0 Å². The lowest BCUT2D eigenvalue weighted by Crippen LogP contribution is -2.41. The Morgan fingerprint density at radius 1 is 1.04 bits per heavy atom. The second-order valence-electron chi connectivity index (χ2n) is 7.03. The SMILES string of the molecule is COC(=O)NCCCCCCC/C=C/B1OC(C)(C)C(C)(C)O1. The van der Waals surface area contributed by atoms with Crippen LogP contribution in [0.15, 0.2) is 12.1 Å². The molecule has 1 rings (SSSR count). The fourth-order valence-electron chi connectivity index (χ4n) is 2.35. The average Bonchev–Trinajstić information content (AvgIpc) is 2.68. The number of carbonyl (C=O) groups excluding carboxylic acids is 1. The Labute approximate surface area is 141 Å². The maximum absolute atomic E-state index is 10.8. The Morgan fingerprint density at radius 2 is 1.61 bits per heavy atom. The van der Waals surface area contributed by atoms with Gasteiger partial charge in [-0.1, -0.05) is 31.3 Å². The predicted molar refractivity (Wildman–Crippen MR) is 93.3 cm³/mol. The van der Waals surface area contributed by atoms with Gasteiger partial charge in [-0.05, 0) is 47.0 Å². The Kier molecular flexibility index (Phi) is 8.13. The van der Waals surface area contributed by atoms with E-state index in [-0.39, 0.29) is 24.4 Å². The molecule has 0 aromatic carbocycles. The zero-order valence-electron chi connectivity index (χ0n) is 15.3. The number of unbranched alkanes of at least 4 members (excludes halogenated alkanes) is 5. The zero-order valence-corrected chi connectivity index (χ0v) is 15.3. The van der Waals surface area contributed by atoms with Crippen molar-refractivity contribution in [1.82, 2.24) is 5.32 Å². The van der Waals surface area contributed by atoms with E-state index in [2.05, 4.69) is 43.8 Å². The van der Waals surface area contributed by atoms with Crippen LogP contribution >= 0.6 is 0 Å². The van der Waals surface area contributed by atoms with Crippen LogP contribution in [0.5, 0.6) is 0 Å². The summed E-state index contributed by atoms with van der Waals surface area (Å²) in [6, 6.07) is 0. The third-order valence-corrected chi connectivity index (χ3v) is 4.57. The highest BCUT2D eigenvalue weighted by atomic mass is 16.7. The summed E-state index contributed by atoms with van der Waals surface area (Å²) in [5.41, 5.74) is -0.527. The van der Waals surface area contributed by atoms with E-state index in [4.69, 9.17) is 9.31 Å². The molecule has 0 saturated carbocycles. The number of ether oxygens (including phenoxy) is 1. The highest BCUT2D eigenvalue weighted by Crippen LogP contribution is 2.36. The Hall–Kier alpha value is -1.01. The lowest BCUT2D eigenvalue weighted by Gasteiger charge is -2.32. The number of hydrogen-bond donors (Lipinski definition) is 1. The van der Waals surface area contributed by atoms with E-state index in [1.54, 1.807) is 0 Å². The normalized spacial score (nSPS) is 19.3. The van der Waals surface area contributed by atoms with E-state index in [0.29, 0.717) is 6.54 Å². The number of nitrogens with one attached hydrogen (secondary N) is 1. The molecule has 0 aromatic heterocycles. The van der Waals surface area contributed by atoms with Gasteiger partial charge in [0.05, 0.1) is 18.3 Å². The molecule has 1 N–H and O–H groups in total. The van der Waals surface area contributed by atoms with E-state index in [0.717, 1.165) is 19.3 Å². The quantitative estimate of drug-likeness (QED) is 0.516. The summed E-state index contributed by atoms with van der Waals surface area (Å²) in [4.78, 5) is 10.8. The molecule has 1 aliphatic heterocycles. The number of hydrogen-bond acceptors (Lipinski definition) is 4. The van der Waals surface area contributed by atoms with Crippen molar-refractivity contribution < 1.29 is 18.8 Å². The van der Waals surface area contributed by atoms with Crippen LogP contribution in [0.4, 0.5) is 4.79 Å². The van der Waals surface area contributed by atoms with Gasteiger partial charge in [-0.25, -0.2) is 4.79 Å². The summed E-state index contributed by atoms with van der Waals surface area (Å²) in [5, 5.41) is 2.69. The first-order valence-electron chi connectivity index (χ1n) is 8.62. The first-order chi connectivity index (χ1) is 10.8. The molecule has 0 radical (unpaired) electrons. The standard InChI is InChI=1S/C17H32BNO4/c1-16(2)17(3,4)23-18(22-16)13-11-9-7-6-8-10-12-14-19-15(20)21-5/h11,13H,6-10,12,14H2,1-5H3,(H,19,20)/b13-11+.